The molecule has 0 radical (unpaired) electrons. The van der Waals surface area contributed by atoms with Gasteiger partial charge in [-0.1, -0.05) is 12.1 Å². The second kappa shape index (κ2) is 5.87. The van der Waals surface area contributed by atoms with E-state index in [1.807, 2.05) is 31.2 Å². The minimum Gasteiger partial charge on any atom is -0.497 e. The fourth-order valence-corrected chi connectivity index (χ4v) is 1.83. The zero-order valence-corrected chi connectivity index (χ0v) is 10.8. The van der Waals surface area contributed by atoms with Crippen LogP contribution in [0.25, 0.3) is 0 Å². The lowest BCUT2D eigenvalue weighted by molar-refractivity contribution is -0.145. The molecule has 4 nitrogen and oxygen atoms in total. The van der Waals surface area contributed by atoms with Crippen LogP contribution in [-0.4, -0.2) is 25.7 Å². The summed E-state index contributed by atoms with van der Waals surface area (Å²) >= 11 is 0. The minimum absolute atomic E-state index is 0.224. The van der Waals surface area contributed by atoms with Crippen LogP contribution in [0.15, 0.2) is 24.3 Å². The molecule has 1 fully saturated rings. The summed E-state index contributed by atoms with van der Waals surface area (Å²) in [7, 11) is 1.62. The van der Waals surface area contributed by atoms with E-state index >= 15 is 0 Å². The van der Waals surface area contributed by atoms with Crippen molar-refractivity contribution in [3.63, 3.8) is 0 Å². The van der Waals surface area contributed by atoms with Crippen LogP contribution in [0.4, 0.5) is 0 Å². The van der Waals surface area contributed by atoms with Gasteiger partial charge in [0.1, 0.15) is 11.8 Å². The van der Waals surface area contributed by atoms with E-state index in [-0.39, 0.29) is 5.97 Å². The molecule has 18 heavy (non-hydrogen) atoms. The highest BCUT2D eigenvalue weighted by Gasteiger charge is 2.30. The SMILES string of the molecule is CCOC(=O)C(NC1CC1)c1cccc(OC)c1. The smallest absolute Gasteiger partial charge is 0.327 e. The van der Waals surface area contributed by atoms with E-state index < -0.39 is 6.04 Å². The first-order chi connectivity index (χ1) is 8.74. The summed E-state index contributed by atoms with van der Waals surface area (Å²) in [5.41, 5.74) is 0.889. The Kier molecular flexibility index (Phi) is 4.20. The molecule has 0 aliphatic heterocycles. The highest BCUT2D eigenvalue weighted by Crippen LogP contribution is 2.26. The van der Waals surface area contributed by atoms with E-state index in [1.54, 1.807) is 7.11 Å². The lowest BCUT2D eigenvalue weighted by atomic mass is 10.1. The van der Waals surface area contributed by atoms with E-state index in [4.69, 9.17) is 9.47 Å². The maximum absolute atomic E-state index is 12.0. The first-order valence-corrected chi connectivity index (χ1v) is 6.31. The van der Waals surface area contributed by atoms with Crippen molar-refractivity contribution in [2.24, 2.45) is 0 Å². The number of rotatable bonds is 6. The molecule has 1 unspecified atom stereocenters. The normalized spacial score (nSPS) is 16.1. The molecule has 0 amide bonds. The summed E-state index contributed by atoms with van der Waals surface area (Å²) in [5, 5.41) is 3.31. The van der Waals surface area contributed by atoms with Gasteiger partial charge in [0, 0.05) is 6.04 Å². The molecular formula is C14H19NO3. The van der Waals surface area contributed by atoms with Crippen LogP contribution in [-0.2, 0) is 9.53 Å². The van der Waals surface area contributed by atoms with Gasteiger partial charge >= 0.3 is 5.97 Å². The molecule has 1 aliphatic rings. The third-order valence-corrected chi connectivity index (χ3v) is 2.93. The third kappa shape index (κ3) is 3.23. The van der Waals surface area contributed by atoms with Gasteiger partial charge < -0.3 is 9.47 Å². The Hall–Kier alpha value is -1.55. The Balaban J connectivity index is 2.17. The number of hydrogen-bond donors (Lipinski definition) is 1. The molecule has 1 atom stereocenters. The molecule has 0 aromatic heterocycles. The van der Waals surface area contributed by atoms with E-state index in [2.05, 4.69) is 5.32 Å². The number of methoxy groups -OCH3 is 1. The zero-order chi connectivity index (χ0) is 13.0. The fourth-order valence-electron chi connectivity index (χ4n) is 1.83. The van der Waals surface area contributed by atoms with Crippen LogP contribution in [0.5, 0.6) is 5.75 Å². The van der Waals surface area contributed by atoms with Crippen molar-refractivity contribution in [3.05, 3.63) is 29.8 Å². The molecular weight excluding hydrogens is 230 g/mol. The van der Waals surface area contributed by atoms with Crippen LogP contribution in [0.1, 0.15) is 31.4 Å². The molecule has 0 saturated heterocycles. The van der Waals surface area contributed by atoms with Crippen LogP contribution in [0, 0.1) is 0 Å². The lowest BCUT2D eigenvalue weighted by Crippen LogP contribution is -2.31. The largest absolute Gasteiger partial charge is 0.497 e. The van der Waals surface area contributed by atoms with Crippen molar-refractivity contribution in [3.8, 4) is 5.75 Å². The molecule has 0 bridgehead atoms. The van der Waals surface area contributed by atoms with Gasteiger partial charge in [-0.2, -0.15) is 0 Å². The highest BCUT2D eigenvalue weighted by molar-refractivity contribution is 5.78. The number of hydrogen-bond acceptors (Lipinski definition) is 4. The Morgan fingerprint density at radius 2 is 2.28 bits per heavy atom. The lowest BCUT2D eigenvalue weighted by Gasteiger charge is -2.17. The van der Waals surface area contributed by atoms with Crippen LogP contribution < -0.4 is 10.1 Å². The average molecular weight is 249 g/mol. The monoisotopic (exact) mass is 249 g/mol. The van der Waals surface area contributed by atoms with Crippen LogP contribution >= 0.6 is 0 Å². The van der Waals surface area contributed by atoms with Crippen LogP contribution in [0.3, 0.4) is 0 Å². The molecule has 0 heterocycles. The summed E-state index contributed by atoms with van der Waals surface area (Å²) < 4.78 is 10.3. The summed E-state index contributed by atoms with van der Waals surface area (Å²) in [4.78, 5) is 12.0. The molecule has 1 saturated carbocycles. The van der Waals surface area contributed by atoms with Crippen molar-refractivity contribution in [2.75, 3.05) is 13.7 Å². The van der Waals surface area contributed by atoms with E-state index in [0.717, 1.165) is 24.2 Å². The summed E-state index contributed by atoms with van der Waals surface area (Å²) in [5.74, 6) is 0.525. The van der Waals surface area contributed by atoms with Crippen molar-refractivity contribution >= 4 is 5.97 Å². The summed E-state index contributed by atoms with van der Waals surface area (Å²) in [6.45, 7) is 2.21. The predicted octanol–water partition coefficient (Wildman–Crippen LogP) is 2.05. The van der Waals surface area contributed by atoms with Crippen LogP contribution in [0.2, 0.25) is 0 Å². The molecule has 98 valence electrons. The summed E-state index contributed by atoms with van der Waals surface area (Å²) in [6.07, 6.45) is 2.25. The maximum atomic E-state index is 12.0. The number of ether oxygens (including phenoxy) is 2. The van der Waals surface area contributed by atoms with Gasteiger partial charge in [0.25, 0.3) is 0 Å². The van der Waals surface area contributed by atoms with Gasteiger partial charge in [-0.15, -0.1) is 0 Å². The molecule has 0 spiro atoms. The average Bonchev–Trinajstić information content (AvgIpc) is 3.20. The Bertz CT molecular complexity index is 415. The third-order valence-electron chi connectivity index (χ3n) is 2.93. The van der Waals surface area contributed by atoms with Gasteiger partial charge in [-0.05, 0) is 37.5 Å². The first-order valence-electron chi connectivity index (χ1n) is 6.31. The Morgan fingerprint density at radius 1 is 1.50 bits per heavy atom. The van der Waals surface area contributed by atoms with E-state index in [0.29, 0.717) is 12.6 Å². The molecule has 1 aromatic rings. The number of benzene rings is 1. The second-order valence-corrected chi connectivity index (χ2v) is 4.40. The molecule has 4 heteroatoms. The van der Waals surface area contributed by atoms with E-state index in [1.165, 1.54) is 0 Å². The van der Waals surface area contributed by atoms with E-state index in [9.17, 15) is 4.79 Å². The zero-order valence-electron chi connectivity index (χ0n) is 10.8. The molecule has 2 rings (SSSR count). The van der Waals surface area contributed by atoms with Crippen molar-refractivity contribution in [1.82, 2.24) is 5.32 Å². The quantitative estimate of drug-likeness (QED) is 0.784. The molecule has 1 aromatic carbocycles. The standard InChI is InChI=1S/C14H19NO3/c1-3-18-14(16)13(15-11-7-8-11)10-5-4-6-12(9-10)17-2/h4-6,9,11,13,15H,3,7-8H2,1-2H3. The maximum Gasteiger partial charge on any atom is 0.327 e. The Labute approximate surface area is 107 Å². The van der Waals surface area contributed by atoms with Gasteiger partial charge in [-0.25, -0.2) is 4.79 Å². The van der Waals surface area contributed by atoms with Gasteiger partial charge in [0.2, 0.25) is 0 Å². The number of carbonyl (C=O) groups is 1. The minimum atomic E-state index is -0.396. The fraction of sp³-hybridized carbons (Fsp3) is 0.500. The van der Waals surface area contributed by atoms with Gasteiger partial charge in [-0.3, -0.25) is 5.32 Å². The number of nitrogens with one attached hydrogen (secondary N) is 1. The van der Waals surface area contributed by atoms with Crippen molar-refractivity contribution < 1.29 is 14.3 Å². The highest BCUT2D eigenvalue weighted by atomic mass is 16.5. The van der Waals surface area contributed by atoms with Gasteiger partial charge in [0.15, 0.2) is 0 Å². The first kappa shape index (κ1) is 12.9. The number of carbonyl (C=O) groups excluding carboxylic acids is 1. The second-order valence-electron chi connectivity index (χ2n) is 4.40. The van der Waals surface area contributed by atoms with Crippen molar-refractivity contribution in [1.29, 1.82) is 0 Å². The molecule has 1 N–H and O–H groups in total. The summed E-state index contributed by atoms with van der Waals surface area (Å²) in [6, 6.07) is 7.58. The van der Waals surface area contributed by atoms with Crippen molar-refractivity contribution in [2.45, 2.75) is 31.8 Å². The Morgan fingerprint density at radius 3 is 2.89 bits per heavy atom. The number of esters is 1. The predicted molar refractivity (Wildman–Crippen MR) is 68.5 cm³/mol. The van der Waals surface area contributed by atoms with Gasteiger partial charge in [0.05, 0.1) is 13.7 Å². The molecule has 1 aliphatic carbocycles. The topological polar surface area (TPSA) is 47.6 Å².